The van der Waals surface area contributed by atoms with Crippen molar-refractivity contribution >= 4 is 27.8 Å². The molecule has 0 spiro atoms. The number of nitro benzene ring substituents is 1. The molecule has 0 fully saturated rings. The molecule has 0 aliphatic heterocycles. The van der Waals surface area contributed by atoms with Crippen LogP contribution in [0.2, 0.25) is 0 Å². The molecule has 1 aromatic heterocycles. The number of non-ortho nitro benzene ring substituents is 1. The SMILES string of the molecule is CCc1ccc(-c2csc(Nc3cccc([N+](=O)[O-])c3)n2)cc1. The van der Waals surface area contributed by atoms with Crippen LogP contribution in [0.1, 0.15) is 12.5 Å². The van der Waals surface area contributed by atoms with E-state index in [0.717, 1.165) is 17.7 Å². The fraction of sp³-hybridized carbons (Fsp3) is 0.118. The zero-order valence-electron chi connectivity index (χ0n) is 12.5. The maximum Gasteiger partial charge on any atom is 0.271 e. The highest BCUT2D eigenvalue weighted by Gasteiger charge is 2.08. The van der Waals surface area contributed by atoms with Crippen LogP contribution in [0.5, 0.6) is 0 Å². The maximum atomic E-state index is 10.8. The zero-order valence-corrected chi connectivity index (χ0v) is 13.3. The summed E-state index contributed by atoms with van der Waals surface area (Å²) in [5, 5.41) is 16.6. The maximum absolute atomic E-state index is 10.8. The lowest BCUT2D eigenvalue weighted by Crippen LogP contribution is -1.92. The van der Waals surface area contributed by atoms with Gasteiger partial charge in [-0.25, -0.2) is 4.98 Å². The number of thiazole rings is 1. The van der Waals surface area contributed by atoms with E-state index in [1.807, 2.05) is 5.38 Å². The molecule has 0 aliphatic carbocycles. The standard InChI is InChI=1S/C17H15N3O2S/c1-2-12-6-8-13(9-7-12)16-11-23-17(19-16)18-14-4-3-5-15(10-14)20(21)22/h3-11H,2H2,1H3,(H,18,19). The number of nitrogens with zero attached hydrogens (tertiary/aromatic N) is 2. The van der Waals surface area contributed by atoms with Crippen molar-refractivity contribution in [3.05, 3.63) is 69.6 Å². The van der Waals surface area contributed by atoms with Crippen LogP contribution in [-0.4, -0.2) is 9.91 Å². The first-order valence-corrected chi connectivity index (χ1v) is 8.10. The molecule has 1 N–H and O–H groups in total. The molecule has 3 aromatic rings. The van der Waals surface area contributed by atoms with E-state index in [-0.39, 0.29) is 5.69 Å². The van der Waals surface area contributed by atoms with Gasteiger partial charge in [0.2, 0.25) is 0 Å². The molecule has 5 nitrogen and oxygen atoms in total. The van der Waals surface area contributed by atoms with Gasteiger partial charge in [0, 0.05) is 28.8 Å². The van der Waals surface area contributed by atoms with Gasteiger partial charge in [-0.05, 0) is 18.1 Å². The Kier molecular flexibility index (Phi) is 4.34. The summed E-state index contributed by atoms with van der Waals surface area (Å²) in [6, 6.07) is 14.7. The molecule has 0 amide bonds. The lowest BCUT2D eigenvalue weighted by atomic mass is 10.1. The van der Waals surface area contributed by atoms with Crippen LogP contribution in [-0.2, 0) is 6.42 Å². The normalized spacial score (nSPS) is 10.5. The number of aromatic nitrogens is 1. The summed E-state index contributed by atoms with van der Waals surface area (Å²) in [6.45, 7) is 2.12. The van der Waals surface area contributed by atoms with Gasteiger partial charge in [-0.15, -0.1) is 11.3 Å². The highest BCUT2D eigenvalue weighted by Crippen LogP contribution is 2.28. The predicted octanol–water partition coefficient (Wildman–Crippen LogP) is 5.02. The summed E-state index contributed by atoms with van der Waals surface area (Å²) in [5.41, 5.74) is 3.96. The van der Waals surface area contributed by atoms with Crippen molar-refractivity contribution < 1.29 is 4.92 Å². The minimum atomic E-state index is -0.409. The van der Waals surface area contributed by atoms with E-state index < -0.39 is 4.92 Å². The monoisotopic (exact) mass is 325 g/mol. The molecule has 23 heavy (non-hydrogen) atoms. The Morgan fingerprint density at radius 3 is 2.70 bits per heavy atom. The van der Waals surface area contributed by atoms with Crippen LogP contribution in [0.4, 0.5) is 16.5 Å². The quantitative estimate of drug-likeness (QED) is 0.528. The largest absolute Gasteiger partial charge is 0.331 e. The minimum Gasteiger partial charge on any atom is -0.331 e. The van der Waals surface area contributed by atoms with E-state index in [4.69, 9.17) is 0 Å². The van der Waals surface area contributed by atoms with E-state index in [9.17, 15) is 10.1 Å². The number of aryl methyl sites for hydroxylation is 1. The molecule has 2 aromatic carbocycles. The van der Waals surface area contributed by atoms with E-state index in [1.54, 1.807) is 12.1 Å². The van der Waals surface area contributed by atoms with Crippen molar-refractivity contribution in [2.45, 2.75) is 13.3 Å². The van der Waals surface area contributed by atoms with Gasteiger partial charge in [0.15, 0.2) is 5.13 Å². The van der Waals surface area contributed by atoms with Crippen molar-refractivity contribution in [3.63, 3.8) is 0 Å². The lowest BCUT2D eigenvalue weighted by molar-refractivity contribution is -0.384. The lowest BCUT2D eigenvalue weighted by Gasteiger charge is -2.02. The van der Waals surface area contributed by atoms with Gasteiger partial charge >= 0.3 is 0 Å². The first-order valence-electron chi connectivity index (χ1n) is 7.22. The van der Waals surface area contributed by atoms with Crippen molar-refractivity contribution in [3.8, 4) is 11.3 Å². The molecule has 116 valence electrons. The van der Waals surface area contributed by atoms with Crippen LogP contribution in [0.15, 0.2) is 53.9 Å². The summed E-state index contributed by atoms with van der Waals surface area (Å²) in [5.74, 6) is 0. The van der Waals surface area contributed by atoms with E-state index in [0.29, 0.717) is 10.8 Å². The number of hydrogen-bond donors (Lipinski definition) is 1. The molecule has 0 radical (unpaired) electrons. The molecule has 3 rings (SSSR count). The summed E-state index contributed by atoms with van der Waals surface area (Å²) in [7, 11) is 0. The Balaban J connectivity index is 1.79. The molecule has 0 unspecified atom stereocenters. The molecule has 6 heteroatoms. The first kappa shape index (κ1) is 15.2. The molecule has 1 heterocycles. The number of hydrogen-bond acceptors (Lipinski definition) is 5. The first-order chi connectivity index (χ1) is 11.2. The van der Waals surface area contributed by atoms with Gasteiger partial charge in [-0.2, -0.15) is 0 Å². The van der Waals surface area contributed by atoms with Gasteiger partial charge in [0.25, 0.3) is 5.69 Å². The fourth-order valence-electron chi connectivity index (χ4n) is 2.20. The van der Waals surface area contributed by atoms with Gasteiger partial charge in [0.05, 0.1) is 10.6 Å². The second kappa shape index (κ2) is 6.58. The summed E-state index contributed by atoms with van der Waals surface area (Å²) in [4.78, 5) is 14.9. The van der Waals surface area contributed by atoms with Crippen LogP contribution in [0.3, 0.4) is 0 Å². The molecule has 0 aliphatic rings. The minimum absolute atomic E-state index is 0.0573. The van der Waals surface area contributed by atoms with E-state index in [1.165, 1.54) is 29.0 Å². The Labute approximate surface area is 137 Å². The van der Waals surface area contributed by atoms with Gasteiger partial charge < -0.3 is 5.32 Å². The smallest absolute Gasteiger partial charge is 0.271 e. The molecule has 0 atom stereocenters. The second-order valence-electron chi connectivity index (χ2n) is 5.02. The Bertz CT molecular complexity index is 828. The number of benzene rings is 2. The van der Waals surface area contributed by atoms with Crippen molar-refractivity contribution in [1.29, 1.82) is 0 Å². The van der Waals surface area contributed by atoms with E-state index >= 15 is 0 Å². The van der Waals surface area contributed by atoms with Crippen LogP contribution >= 0.6 is 11.3 Å². The predicted molar refractivity (Wildman–Crippen MR) is 93.3 cm³/mol. The second-order valence-corrected chi connectivity index (χ2v) is 5.88. The van der Waals surface area contributed by atoms with Crippen LogP contribution in [0.25, 0.3) is 11.3 Å². The Morgan fingerprint density at radius 1 is 1.22 bits per heavy atom. The third-order valence-corrected chi connectivity index (χ3v) is 4.23. The fourth-order valence-corrected chi connectivity index (χ4v) is 2.94. The highest BCUT2D eigenvalue weighted by molar-refractivity contribution is 7.14. The molecule has 0 saturated heterocycles. The van der Waals surface area contributed by atoms with Crippen molar-refractivity contribution in [1.82, 2.24) is 4.98 Å². The van der Waals surface area contributed by atoms with Gasteiger partial charge in [0.1, 0.15) is 0 Å². The van der Waals surface area contributed by atoms with Crippen molar-refractivity contribution in [2.75, 3.05) is 5.32 Å². The molecule has 0 saturated carbocycles. The molecule has 0 bridgehead atoms. The Morgan fingerprint density at radius 2 is 2.00 bits per heavy atom. The van der Waals surface area contributed by atoms with Crippen LogP contribution < -0.4 is 5.32 Å². The number of nitrogens with one attached hydrogen (secondary N) is 1. The highest BCUT2D eigenvalue weighted by atomic mass is 32.1. The Hall–Kier alpha value is -2.73. The molecular formula is C17H15N3O2S. The number of rotatable bonds is 5. The third-order valence-electron chi connectivity index (χ3n) is 3.47. The van der Waals surface area contributed by atoms with Gasteiger partial charge in [-0.3, -0.25) is 10.1 Å². The topological polar surface area (TPSA) is 68.1 Å². The average Bonchev–Trinajstić information content (AvgIpc) is 3.03. The van der Waals surface area contributed by atoms with E-state index in [2.05, 4.69) is 41.5 Å². The molecular weight excluding hydrogens is 310 g/mol. The summed E-state index contributed by atoms with van der Waals surface area (Å²) >= 11 is 1.47. The van der Waals surface area contributed by atoms with Crippen LogP contribution in [0, 0.1) is 10.1 Å². The number of anilines is 2. The van der Waals surface area contributed by atoms with Crippen molar-refractivity contribution in [2.24, 2.45) is 0 Å². The zero-order chi connectivity index (χ0) is 16.2. The third kappa shape index (κ3) is 3.54. The summed E-state index contributed by atoms with van der Waals surface area (Å²) in [6.07, 6.45) is 1.01. The number of nitro groups is 1. The average molecular weight is 325 g/mol. The summed E-state index contributed by atoms with van der Waals surface area (Å²) < 4.78 is 0. The van der Waals surface area contributed by atoms with Gasteiger partial charge in [-0.1, -0.05) is 37.3 Å².